The van der Waals surface area contributed by atoms with Crippen molar-refractivity contribution in [2.24, 2.45) is 5.92 Å². The molecule has 2 heterocycles. The first-order valence-electron chi connectivity index (χ1n) is 12.5. The molecule has 0 fully saturated rings. The topological polar surface area (TPSA) is 104 Å². The maximum atomic E-state index is 13.2. The van der Waals surface area contributed by atoms with Gasteiger partial charge in [-0.25, -0.2) is 4.98 Å². The lowest BCUT2D eigenvalue weighted by Gasteiger charge is -2.25. The number of carbonyl (C=O) groups excluding carboxylic acids is 1. The van der Waals surface area contributed by atoms with Crippen LogP contribution in [0.1, 0.15) is 86.9 Å². The van der Waals surface area contributed by atoms with Crippen LogP contribution in [0, 0.1) is 5.92 Å². The second-order valence-corrected chi connectivity index (χ2v) is 10.4. The first-order chi connectivity index (χ1) is 16.8. The smallest absolute Gasteiger partial charge is 0.306 e. The largest absolute Gasteiger partial charge is 0.481 e. The fourth-order valence-corrected chi connectivity index (χ4v) is 5.23. The third-order valence-electron chi connectivity index (χ3n) is 6.76. The molecule has 0 saturated heterocycles. The number of thiophene rings is 1. The standard InChI is InChI=1S/C27H37N3O4S/c1-5-17(4)13-22(24(31)16-26(32)33)29-27(34)18-10-11-23-21(14-18)28-25(15-20-9-8-12-35-20)30(23)19(6-2)7-3/h8-12,14,17,19,22,24,31H,5-7,13,15-16H2,1-4H3,(H,29,34)(H,32,33)/t17?,22-,24-/m0/s1. The number of aliphatic hydroxyl groups excluding tert-OH is 1. The highest BCUT2D eigenvalue weighted by atomic mass is 32.1. The summed E-state index contributed by atoms with van der Waals surface area (Å²) in [6.45, 7) is 8.41. The Hall–Kier alpha value is -2.71. The summed E-state index contributed by atoms with van der Waals surface area (Å²) in [4.78, 5) is 30.5. The molecule has 1 unspecified atom stereocenters. The average molecular weight is 500 g/mol. The van der Waals surface area contributed by atoms with Crippen molar-refractivity contribution >= 4 is 34.2 Å². The number of carboxylic acid groups (broad SMARTS) is 1. The number of benzene rings is 1. The van der Waals surface area contributed by atoms with Crippen molar-refractivity contribution in [3.8, 4) is 0 Å². The van der Waals surface area contributed by atoms with E-state index in [9.17, 15) is 14.7 Å². The fraction of sp³-hybridized carbons (Fsp3) is 0.519. The molecule has 0 bridgehead atoms. The Morgan fingerprint density at radius 1 is 1.14 bits per heavy atom. The molecular formula is C27H37N3O4S. The number of hydrogen-bond donors (Lipinski definition) is 3. The summed E-state index contributed by atoms with van der Waals surface area (Å²) in [5, 5.41) is 24.5. The van der Waals surface area contributed by atoms with Crippen LogP contribution in [0.2, 0.25) is 0 Å². The van der Waals surface area contributed by atoms with E-state index in [1.54, 1.807) is 23.5 Å². The minimum Gasteiger partial charge on any atom is -0.481 e. The van der Waals surface area contributed by atoms with Crippen LogP contribution in [0.3, 0.4) is 0 Å². The van der Waals surface area contributed by atoms with Crippen LogP contribution < -0.4 is 5.32 Å². The predicted molar refractivity (Wildman–Crippen MR) is 140 cm³/mol. The summed E-state index contributed by atoms with van der Waals surface area (Å²) < 4.78 is 2.30. The maximum Gasteiger partial charge on any atom is 0.306 e. The van der Waals surface area contributed by atoms with Crippen LogP contribution in [0.25, 0.3) is 11.0 Å². The van der Waals surface area contributed by atoms with E-state index in [-0.39, 0.29) is 11.8 Å². The van der Waals surface area contributed by atoms with Crippen molar-refractivity contribution in [3.63, 3.8) is 0 Å². The number of aromatic nitrogens is 2. The van der Waals surface area contributed by atoms with E-state index in [4.69, 9.17) is 10.1 Å². The number of aliphatic hydroxyl groups is 1. The molecule has 3 rings (SSSR count). The van der Waals surface area contributed by atoms with Gasteiger partial charge in [0.05, 0.1) is 29.6 Å². The normalized spacial score (nSPS) is 14.2. The fourth-order valence-electron chi connectivity index (χ4n) is 4.53. The number of hydrogen-bond acceptors (Lipinski definition) is 5. The molecule has 190 valence electrons. The van der Waals surface area contributed by atoms with E-state index in [2.05, 4.69) is 35.2 Å². The summed E-state index contributed by atoms with van der Waals surface area (Å²) in [6, 6.07) is 9.37. The molecular weight excluding hydrogens is 462 g/mol. The summed E-state index contributed by atoms with van der Waals surface area (Å²) in [6.07, 6.45) is 2.53. The van der Waals surface area contributed by atoms with Crippen LogP contribution in [0.4, 0.5) is 0 Å². The molecule has 0 spiro atoms. The summed E-state index contributed by atoms with van der Waals surface area (Å²) in [5.74, 6) is -0.198. The molecule has 2 aromatic heterocycles. The third-order valence-corrected chi connectivity index (χ3v) is 7.64. The Labute approximate surface area is 211 Å². The van der Waals surface area contributed by atoms with E-state index in [1.807, 2.05) is 26.0 Å². The lowest BCUT2D eigenvalue weighted by Crippen LogP contribution is -2.45. The molecule has 0 aliphatic heterocycles. The van der Waals surface area contributed by atoms with E-state index in [1.165, 1.54) is 4.88 Å². The Kier molecular flexibility index (Phi) is 9.46. The monoisotopic (exact) mass is 499 g/mol. The number of carboxylic acids is 1. The first kappa shape index (κ1) is 26.9. The first-order valence-corrected chi connectivity index (χ1v) is 13.4. The SMILES string of the molecule is CCC(C)C[C@H](NC(=O)c1ccc2c(c1)nc(Cc1cccs1)n2C(CC)CC)[C@@H](O)CC(=O)O. The van der Waals surface area contributed by atoms with Gasteiger partial charge in [0.2, 0.25) is 0 Å². The minimum atomic E-state index is -1.15. The van der Waals surface area contributed by atoms with Gasteiger partial charge in [0.25, 0.3) is 5.91 Å². The van der Waals surface area contributed by atoms with Gasteiger partial charge in [-0.15, -0.1) is 11.3 Å². The van der Waals surface area contributed by atoms with Crippen LogP contribution in [-0.4, -0.2) is 43.8 Å². The van der Waals surface area contributed by atoms with Crippen LogP contribution in [-0.2, 0) is 11.2 Å². The Balaban J connectivity index is 1.92. The molecule has 1 aromatic carbocycles. The zero-order valence-corrected chi connectivity index (χ0v) is 21.8. The van der Waals surface area contributed by atoms with Gasteiger partial charge in [0, 0.05) is 22.9 Å². The van der Waals surface area contributed by atoms with Crippen molar-refractivity contribution in [2.45, 2.75) is 84.4 Å². The lowest BCUT2D eigenvalue weighted by molar-refractivity contribution is -0.139. The second-order valence-electron chi connectivity index (χ2n) is 9.32. The van der Waals surface area contributed by atoms with Gasteiger partial charge in [-0.05, 0) is 54.8 Å². The Morgan fingerprint density at radius 3 is 2.49 bits per heavy atom. The molecule has 7 nitrogen and oxygen atoms in total. The van der Waals surface area contributed by atoms with E-state index >= 15 is 0 Å². The van der Waals surface area contributed by atoms with Gasteiger partial charge in [0.15, 0.2) is 0 Å². The third kappa shape index (κ3) is 6.70. The van der Waals surface area contributed by atoms with Gasteiger partial charge < -0.3 is 20.1 Å². The van der Waals surface area contributed by atoms with E-state index in [0.717, 1.165) is 42.5 Å². The molecule has 8 heteroatoms. The average Bonchev–Trinajstić information content (AvgIpc) is 3.46. The highest BCUT2D eigenvalue weighted by Gasteiger charge is 2.26. The zero-order chi connectivity index (χ0) is 25.5. The second kappa shape index (κ2) is 12.3. The Morgan fingerprint density at radius 2 is 1.89 bits per heavy atom. The molecule has 3 atom stereocenters. The van der Waals surface area contributed by atoms with Crippen molar-refractivity contribution in [2.75, 3.05) is 0 Å². The number of imidazole rings is 1. The minimum absolute atomic E-state index is 0.238. The quantitative estimate of drug-likeness (QED) is 0.291. The predicted octanol–water partition coefficient (Wildman–Crippen LogP) is 5.42. The molecule has 0 aliphatic carbocycles. The van der Waals surface area contributed by atoms with Crippen molar-refractivity contribution in [1.29, 1.82) is 0 Å². The number of nitrogens with one attached hydrogen (secondary N) is 1. The summed E-state index contributed by atoms with van der Waals surface area (Å²) in [5.41, 5.74) is 2.22. The van der Waals surface area contributed by atoms with E-state index < -0.39 is 24.5 Å². The number of nitrogens with zero attached hydrogens (tertiary/aromatic N) is 2. The number of rotatable bonds is 13. The highest BCUT2D eigenvalue weighted by Crippen LogP contribution is 2.28. The number of fused-ring (bicyclic) bond motifs is 1. The van der Waals surface area contributed by atoms with Crippen LogP contribution >= 0.6 is 11.3 Å². The molecule has 1 amide bonds. The van der Waals surface area contributed by atoms with E-state index in [0.29, 0.717) is 18.0 Å². The lowest BCUT2D eigenvalue weighted by atomic mass is 9.94. The zero-order valence-electron chi connectivity index (χ0n) is 21.0. The molecule has 0 saturated carbocycles. The van der Waals surface area contributed by atoms with Gasteiger partial charge in [-0.2, -0.15) is 0 Å². The van der Waals surface area contributed by atoms with Crippen molar-refractivity contribution in [3.05, 3.63) is 52.0 Å². The Bertz CT molecular complexity index is 1120. The van der Waals surface area contributed by atoms with Crippen molar-refractivity contribution < 1.29 is 19.8 Å². The summed E-state index contributed by atoms with van der Waals surface area (Å²) >= 11 is 1.71. The molecule has 3 N–H and O–H groups in total. The highest BCUT2D eigenvalue weighted by molar-refractivity contribution is 7.09. The number of carbonyl (C=O) groups is 2. The van der Waals surface area contributed by atoms with Gasteiger partial charge in [-0.1, -0.05) is 40.2 Å². The molecule has 35 heavy (non-hydrogen) atoms. The molecule has 3 aromatic rings. The number of amides is 1. The van der Waals surface area contributed by atoms with Crippen LogP contribution in [0.5, 0.6) is 0 Å². The van der Waals surface area contributed by atoms with Crippen molar-refractivity contribution in [1.82, 2.24) is 14.9 Å². The number of aliphatic carboxylic acids is 1. The summed E-state index contributed by atoms with van der Waals surface area (Å²) in [7, 11) is 0. The molecule has 0 aliphatic rings. The van der Waals surface area contributed by atoms with Crippen LogP contribution in [0.15, 0.2) is 35.7 Å². The van der Waals surface area contributed by atoms with Gasteiger partial charge in [-0.3, -0.25) is 9.59 Å². The van der Waals surface area contributed by atoms with Gasteiger partial charge >= 0.3 is 5.97 Å². The molecule has 0 radical (unpaired) electrons. The maximum absolute atomic E-state index is 13.2. The van der Waals surface area contributed by atoms with Gasteiger partial charge in [0.1, 0.15) is 5.82 Å².